The molecule has 0 radical (unpaired) electrons. The van der Waals surface area contributed by atoms with Gasteiger partial charge in [-0.25, -0.2) is 4.79 Å². The van der Waals surface area contributed by atoms with E-state index in [0.29, 0.717) is 12.2 Å². The first-order chi connectivity index (χ1) is 16.5. The van der Waals surface area contributed by atoms with Crippen LogP contribution in [0.25, 0.3) is 11.1 Å². The second-order valence-corrected chi connectivity index (χ2v) is 8.04. The van der Waals surface area contributed by atoms with Gasteiger partial charge in [-0.05, 0) is 41.3 Å². The minimum absolute atomic E-state index is 0.0734. The Morgan fingerprint density at radius 2 is 1.47 bits per heavy atom. The summed E-state index contributed by atoms with van der Waals surface area (Å²) in [5.74, 6) is -1.84. The highest BCUT2D eigenvalue weighted by Gasteiger charge is 2.31. The van der Waals surface area contributed by atoms with Crippen molar-refractivity contribution in [1.82, 2.24) is 5.32 Å². The molecule has 1 atom stereocenters. The van der Waals surface area contributed by atoms with E-state index in [2.05, 4.69) is 5.32 Å². The molecule has 0 spiro atoms. The maximum absolute atomic E-state index is 13.1. The summed E-state index contributed by atoms with van der Waals surface area (Å²) in [5, 5.41) is 11.8. The quantitative estimate of drug-likeness (QED) is 0.521. The number of anilines is 1. The van der Waals surface area contributed by atoms with Crippen LogP contribution in [0.2, 0.25) is 0 Å². The van der Waals surface area contributed by atoms with Gasteiger partial charge in [0.1, 0.15) is 12.6 Å². The number of carboxylic acid groups (broad SMARTS) is 1. The summed E-state index contributed by atoms with van der Waals surface area (Å²) in [5.41, 5.74) is 4.96. The highest BCUT2D eigenvalue weighted by molar-refractivity contribution is 6.00. The molecule has 7 nitrogen and oxygen atoms in total. The van der Waals surface area contributed by atoms with Gasteiger partial charge in [0.2, 0.25) is 5.91 Å². The zero-order valence-electron chi connectivity index (χ0n) is 18.8. The summed E-state index contributed by atoms with van der Waals surface area (Å²) in [4.78, 5) is 38.7. The van der Waals surface area contributed by atoms with Crippen LogP contribution in [0.5, 0.6) is 0 Å². The lowest BCUT2D eigenvalue weighted by atomic mass is 9.98. The highest BCUT2D eigenvalue weighted by atomic mass is 16.5. The molecule has 1 aliphatic rings. The summed E-state index contributed by atoms with van der Waals surface area (Å²) >= 11 is 0. The van der Waals surface area contributed by atoms with E-state index in [9.17, 15) is 19.5 Å². The molecule has 0 bridgehead atoms. The largest absolute Gasteiger partial charge is 0.481 e. The van der Waals surface area contributed by atoms with Crippen molar-refractivity contribution in [3.05, 3.63) is 90.0 Å². The fourth-order valence-corrected chi connectivity index (χ4v) is 4.42. The number of ether oxygens (including phenoxy) is 1. The zero-order valence-corrected chi connectivity index (χ0v) is 18.8. The number of amides is 2. The molecule has 0 saturated heterocycles. The molecule has 4 rings (SSSR count). The molecule has 0 fully saturated rings. The van der Waals surface area contributed by atoms with Crippen molar-refractivity contribution in [3.8, 4) is 11.1 Å². The molecule has 0 heterocycles. The first-order valence-electron chi connectivity index (χ1n) is 11.2. The predicted octanol–water partition coefficient (Wildman–Crippen LogP) is 4.42. The van der Waals surface area contributed by atoms with Crippen LogP contribution in [-0.2, 0) is 14.3 Å². The first kappa shape index (κ1) is 23.0. The number of aliphatic carboxylic acids is 1. The summed E-state index contributed by atoms with van der Waals surface area (Å²) < 4.78 is 5.51. The number of nitrogens with zero attached hydrogens (tertiary/aromatic N) is 1. The lowest BCUT2D eigenvalue weighted by Crippen LogP contribution is -2.50. The number of carbonyl (C=O) groups is 3. The van der Waals surface area contributed by atoms with Crippen LogP contribution in [0.4, 0.5) is 10.5 Å². The number of hydrogen-bond donors (Lipinski definition) is 2. The number of fused-ring (bicyclic) bond motifs is 3. The second-order valence-electron chi connectivity index (χ2n) is 8.04. The van der Waals surface area contributed by atoms with Gasteiger partial charge >= 0.3 is 12.1 Å². The van der Waals surface area contributed by atoms with Crippen LogP contribution in [-0.4, -0.2) is 42.3 Å². The standard InChI is InChI=1S/C27H26N2O5/c1-2-29(18-10-4-3-5-11-18)26(32)24(16-25(30)31)28-27(33)34-17-23-21-14-8-6-12-19(21)20-13-7-9-15-22(20)23/h3-15,23-24H,2,16-17H2,1H3,(H,28,33)(H,30,31). The van der Waals surface area contributed by atoms with Gasteiger partial charge in [-0.3, -0.25) is 9.59 Å². The van der Waals surface area contributed by atoms with Gasteiger partial charge in [-0.2, -0.15) is 0 Å². The maximum atomic E-state index is 13.1. The van der Waals surface area contributed by atoms with E-state index in [-0.39, 0.29) is 12.5 Å². The molecular formula is C27H26N2O5. The van der Waals surface area contributed by atoms with E-state index in [1.807, 2.05) is 54.6 Å². The summed E-state index contributed by atoms with van der Waals surface area (Å²) in [6.45, 7) is 2.19. The first-order valence-corrected chi connectivity index (χ1v) is 11.2. The Bertz CT molecular complexity index is 1150. The van der Waals surface area contributed by atoms with Gasteiger partial charge in [0.25, 0.3) is 0 Å². The topological polar surface area (TPSA) is 95.9 Å². The Morgan fingerprint density at radius 1 is 0.912 bits per heavy atom. The maximum Gasteiger partial charge on any atom is 0.407 e. The number of para-hydroxylation sites is 1. The number of benzene rings is 3. The smallest absolute Gasteiger partial charge is 0.407 e. The third-order valence-electron chi connectivity index (χ3n) is 5.96. The predicted molar refractivity (Wildman–Crippen MR) is 129 cm³/mol. The number of alkyl carbamates (subject to hydrolysis) is 1. The van der Waals surface area contributed by atoms with Crippen LogP contribution in [0, 0.1) is 0 Å². The van der Waals surface area contributed by atoms with E-state index < -0.39 is 30.4 Å². The number of hydrogen-bond acceptors (Lipinski definition) is 4. The number of likely N-dealkylation sites (N-methyl/N-ethyl adjacent to an activating group) is 1. The molecule has 3 aromatic carbocycles. The third kappa shape index (κ3) is 4.78. The van der Waals surface area contributed by atoms with Crippen molar-refractivity contribution in [3.63, 3.8) is 0 Å². The van der Waals surface area contributed by atoms with Gasteiger partial charge < -0.3 is 20.1 Å². The molecule has 34 heavy (non-hydrogen) atoms. The molecule has 0 aliphatic heterocycles. The molecule has 2 N–H and O–H groups in total. The van der Waals surface area contributed by atoms with E-state index in [1.54, 1.807) is 31.2 Å². The Hall–Kier alpha value is -4.13. The molecule has 0 saturated carbocycles. The highest BCUT2D eigenvalue weighted by Crippen LogP contribution is 2.44. The number of rotatable bonds is 8. The zero-order chi connectivity index (χ0) is 24.1. The molecule has 7 heteroatoms. The number of nitrogens with one attached hydrogen (secondary N) is 1. The van der Waals surface area contributed by atoms with Crippen molar-refractivity contribution >= 4 is 23.7 Å². The molecule has 1 aliphatic carbocycles. The van der Waals surface area contributed by atoms with Crippen LogP contribution in [0.1, 0.15) is 30.4 Å². The molecule has 174 valence electrons. The normalized spacial score (nSPS) is 12.9. The number of carbonyl (C=O) groups excluding carboxylic acids is 2. The minimum Gasteiger partial charge on any atom is -0.481 e. The van der Waals surface area contributed by atoms with Gasteiger partial charge in [0.05, 0.1) is 6.42 Å². The van der Waals surface area contributed by atoms with Gasteiger partial charge in [0, 0.05) is 18.2 Å². The van der Waals surface area contributed by atoms with Gasteiger partial charge in [-0.1, -0.05) is 66.7 Å². The Morgan fingerprint density at radius 3 is 2.03 bits per heavy atom. The molecule has 2 amide bonds. The van der Waals surface area contributed by atoms with E-state index in [1.165, 1.54) is 4.90 Å². The Kier molecular flexibility index (Phi) is 6.92. The van der Waals surface area contributed by atoms with E-state index >= 15 is 0 Å². The minimum atomic E-state index is -1.26. The third-order valence-corrected chi connectivity index (χ3v) is 5.96. The summed E-state index contributed by atoms with van der Waals surface area (Å²) in [6, 6.07) is 23.6. The molecule has 0 aromatic heterocycles. The van der Waals surface area contributed by atoms with Crippen molar-refractivity contribution in [2.75, 3.05) is 18.1 Å². The lowest BCUT2D eigenvalue weighted by molar-refractivity contribution is -0.139. The van der Waals surface area contributed by atoms with Gasteiger partial charge in [0.15, 0.2) is 0 Å². The van der Waals surface area contributed by atoms with Crippen molar-refractivity contribution in [1.29, 1.82) is 0 Å². The SMILES string of the molecule is CCN(C(=O)C(CC(=O)O)NC(=O)OCC1c2ccccc2-c2ccccc21)c1ccccc1. The van der Waals surface area contributed by atoms with Crippen molar-refractivity contribution < 1.29 is 24.2 Å². The van der Waals surface area contributed by atoms with Crippen LogP contribution in [0.3, 0.4) is 0 Å². The van der Waals surface area contributed by atoms with Crippen LogP contribution >= 0.6 is 0 Å². The van der Waals surface area contributed by atoms with Crippen molar-refractivity contribution in [2.24, 2.45) is 0 Å². The van der Waals surface area contributed by atoms with Gasteiger partial charge in [-0.15, -0.1) is 0 Å². The van der Waals surface area contributed by atoms with E-state index in [0.717, 1.165) is 22.3 Å². The average Bonchev–Trinajstić information content (AvgIpc) is 3.17. The van der Waals surface area contributed by atoms with E-state index in [4.69, 9.17) is 4.74 Å². The fraction of sp³-hybridized carbons (Fsp3) is 0.222. The van der Waals surface area contributed by atoms with Crippen LogP contribution in [0.15, 0.2) is 78.9 Å². The Labute approximate surface area is 198 Å². The molecule has 1 unspecified atom stereocenters. The fourth-order valence-electron chi connectivity index (χ4n) is 4.42. The number of carboxylic acids is 1. The monoisotopic (exact) mass is 458 g/mol. The average molecular weight is 459 g/mol. The second kappa shape index (κ2) is 10.2. The summed E-state index contributed by atoms with van der Waals surface area (Å²) in [6.07, 6.45) is -1.38. The summed E-state index contributed by atoms with van der Waals surface area (Å²) in [7, 11) is 0. The lowest BCUT2D eigenvalue weighted by Gasteiger charge is -2.26. The molecular weight excluding hydrogens is 432 g/mol. The molecule has 3 aromatic rings. The van der Waals surface area contributed by atoms with Crippen molar-refractivity contribution in [2.45, 2.75) is 25.3 Å². The van der Waals surface area contributed by atoms with Crippen LogP contribution < -0.4 is 10.2 Å². The Balaban J connectivity index is 1.47.